The fraction of sp³-hybridized carbons (Fsp3) is 0.0909. The summed E-state index contributed by atoms with van der Waals surface area (Å²) in [5, 5.41) is 4.10. The van der Waals surface area contributed by atoms with E-state index >= 15 is 0 Å². The van der Waals surface area contributed by atoms with Crippen LogP contribution in [0.5, 0.6) is 0 Å². The largest absolute Gasteiger partial charge is 0.272 e. The second-order valence-corrected chi connectivity index (χ2v) is 9.04. The van der Waals surface area contributed by atoms with E-state index in [1.807, 2.05) is 0 Å². The van der Waals surface area contributed by atoms with Crippen molar-refractivity contribution >= 4 is 33.7 Å². The Labute approximate surface area is 189 Å². The third-order valence-corrected chi connectivity index (χ3v) is 6.41. The Morgan fingerprint density at radius 3 is 2.31 bits per heavy atom. The molecule has 166 valence electrons. The molecule has 0 saturated carbocycles. The predicted molar refractivity (Wildman–Crippen MR) is 118 cm³/mol. The maximum absolute atomic E-state index is 14.2. The highest BCUT2D eigenvalue weighted by atomic mass is 35.5. The van der Waals surface area contributed by atoms with Crippen molar-refractivity contribution in [1.82, 2.24) is 9.73 Å². The van der Waals surface area contributed by atoms with Gasteiger partial charge in [-0.3, -0.25) is 4.79 Å². The summed E-state index contributed by atoms with van der Waals surface area (Å²) in [7, 11) is -4.16. The van der Waals surface area contributed by atoms with E-state index in [1.54, 1.807) is 6.07 Å². The first kappa shape index (κ1) is 23.5. The molecule has 3 aromatic carbocycles. The third-order valence-electron chi connectivity index (χ3n) is 4.35. The Morgan fingerprint density at radius 1 is 1.00 bits per heavy atom. The molecule has 1 amide bonds. The lowest BCUT2D eigenvalue weighted by atomic mass is 10.2. The normalized spacial score (nSPS) is 11.8. The van der Waals surface area contributed by atoms with Crippen LogP contribution in [-0.4, -0.2) is 31.4 Å². The van der Waals surface area contributed by atoms with Crippen LogP contribution in [0.1, 0.15) is 11.1 Å². The van der Waals surface area contributed by atoms with E-state index in [2.05, 4.69) is 10.5 Å². The van der Waals surface area contributed by atoms with E-state index in [0.717, 1.165) is 4.31 Å². The molecule has 0 aliphatic rings. The number of hydrogen-bond acceptors (Lipinski definition) is 4. The fourth-order valence-electron chi connectivity index (χ4n) is 2.72. The van der Waals surface area contributed by atoms with Gasteiger partial charge in [-0.25, -0.2) is 22.6 Å². The molecule has 0 aliphatic carbocycles. The van der Waals surface area contributed by atoms with E-state index in [4.69, 9.17) is 11.6 Å². The van der Waals surface area contributed by atoms with Crippen molar-refractivity contribution in [2.24, 2.45) is 5.10 Å². The van der Waals surface area contributed by atoms with Gasteiger partial charge in [-0.15, -0.1) is 0 Å². The molecule has 0 saturated heterocycles. The van der Waals surface area contributed by atoms with Crippen LogP contribution < -0.4 is 5.43 Å². The molecule has 0 unspecified atom stereocenters. The summed E-state index contributed by atoms with van der Waals surface area (Å²) < 4.78 is 54.2. The fourth-order valence-corrected chi connectivity index (χ4v) is 4.22. The number of carbonyl (C=O) groups is 1. The van der Waals surface area contributed by atoms with Gasteiger partial charge in [-0.2, -0.15) is 9.41 Å². The third kappa shape index (κ3) is 6.19. The zero-order chi connectivity index (χ0) is 23.1. The number of nitrogens with zero attached hydrogens (tertiary/aromatic N) is 2. The molecular weight excluding hydrogens is 460 g/mol. The predicted octanol–water partition coefficient (Wildman–Crippen LogP) is 3.96. The van der Waals surface area contributed by atoms with Crippen LogP contribution in [0, 0.1) is 11.6 Å². The van der Waals surface area contributed by atoms with Crippen molar-refractivity contribution in [3.63, 3.8) is 0 Å². The summed E-state index contributed by atoms with van der Waals surface area (Å²) in [6, 6.07) is 16.5. The molecule has 10 heteroatoms. The summed E-state index contributed by atoms with van der Waals surface area (Å²) in [5.41, 5.74) is 2.86. The van der Waals surface area contributed by atoms with Gasteiger partial charge < -0.3 is 0 Å². The lowest BCUT2D eigenvalue weighted by Gasteiger charge is -2.21. The summed E-state index contributed by atoms with van der Waals surface area (Å²) in [5.74, 6) is -1.75. The molecule has 6 nitrogen and oxygen atoms in total. The number of nitrogens with one attached hydrogen (secondary N) is 1. The number of sulfonamides is 1. The molecule has 0 aliphatic heterocycles. The van der Waals surface area contributed by atoms with Gasteiger partial charge in [0.05, 0.1) is 17.7 Å². The molecule has 0 fully saturated rings. The first-order valence-electron chi connectivity index (χ1n) is 9.32. The summed E-state index contributed by atoms with van der Waals surface area (Å²) in [6.45, 7) is -0.979. The molecule has 0 heterocycles. The molecule has 0 bridgehead atoms. The van der Waals surface area contributed by atoms with Crippen LogP contribution in [0.3, 0.4) is 0 Å². The van der Waals surface area contributed by atoms with Crippen molar-refractivity contribution in [2.45, 2.75) is 11.4 Å². The zero-order valence-electron chi connectivity index (χ0n) is 16.6. The lowest BCUT2D eigenvalue weighted by Crippen LogP contribution is -2.39. The van der Waals surface area contributed by atoms with E-state index in [-0.39, 0.29) is 17.0 Å². The first-order chi connectivity index (χ1) is 15.3. The molecule has 3 rings (SSSR count). The molecule has 0 atom stereocenters. The van der Waals surface area contributed by atoms with E-state index in [0.29, 0.717) is 10.6 Å². The van der Waals surface area contributed by atoms with Gasteiger partial charge in [0.25, 0.3) is 5.91 Å². The Morgan fingerprint density at radius 2 is 1.66 bits per heavy atom. The minimum atomic E-state index is -4.16. The molecule has 1 N–H and O–H groups in total. The molecule has 0 aromatic heterocycles. The minimum absolute atomic E-state index is 0.0964. The van der Waals surface area contributed by atoms with Crippen molar-refractivity contribution in [1.29, 1.82) is 0 Å². The Bertz CT molecular complexity index is 1220. The van der Waals surface area contributed by atoms with Crippen LogP contribution in [-0.2, 0) is 21.4 Å². The summed E-state index contributed by atoms with van der Waals surface area (Å²) >= 11 is 5.83. The standard InChI is InChI=1S/C22H18ClF2N3O3S/c23-18-7-11-20(12-8-18)32(30,31)28(14-17-3-1-2-4-21(17)25)15-22(29)27-26-13-16-5-9-19(24)10-6-16/h1-13H,14-15H2,(H,27,29)/b26-13+. The second kappa shape index (κ2) is 10.4. The van der Waals surface area contributed by atoms with E-state index in [1.165, 1.54) is 72.9 Å². The second-order valence-electron chi connectivity index (χ2n) is 6.66. The highest BCUT2D eigenvalue weighted by Gasteiger charge is 2.27. The molecular formula is C22H18ClF2N3O3S. The molecule has 0 spiro atoms. The highest BCUT2D eigenvalue weighted by Crippen LogP contribution is 2.21. The number of hydrogen-bond donors (Lipinski definition) is 1. The maximum Gasteiger partial charge on any atom is 0.255 e. The monoisotopic (exact) mass is 477 g/mol. The van der Waals surface area contributed by atoms with Crippen LogP contribution in [0.15, 0.2) is 82.8 Å². The average Bonchev–Trinajstić information content (AvgIpc) is 2.76. The molecule has 3 aromatic rings. The Hall–Kier alpha value is -3.14. The topological polar surface area (TPSA) is 78.8 Å². The molecule has 32 heavy (non-hydrogen) atoms. The summed E-state index contributed by atoms with van der Waals surface area (Å²) in [4.78, 5) is 12.3. The van der Waals surface area contributed by atoms with Crippen LogP contribution in [0.2, 0.25) is 5.02 Å². The lowest BCUT2D eigenvalue weighted by molar-refractivity contribution is -0.121. The van der Waals surface area contributed by atoms with Gasteiger partial charge in [0.1, 0.15) is 11.6 Å². The number of benzene rings is 3. The van der Waals surface area contributed by atoms with Gasteiger partial charge in [0.15, 0.2) is 0 Å². The van der Waals surface area contributed by atoms with Crippen molar-refractivity contribution < 1.29 is 22.0 Å². The zero-order valence-corrected chi connectivity index (χ0v) is 18.2. The number of rotatable bonds is 8. The van der Waals surface area contributed by atoms with Crippen LogP contribution in [0.4, 0.5) is 8.78 Å². The van der Waals surface area contributed by atoms with Gasteiger partial charge in [-0.05, 0) is 48.0 Å². The van der Waals surface area contributed by atoms with Crippen molar-refractivity contribution in [3.8, 4) is 0 Å². The first-order valence-corrected chi connectivity index (χ1v) is 11.1. The number of halogens is 3. The van der Waals surface area contributed by atoms with Gasteiger partial charge in [0, 0.05) is 17.1 Å². The smallest absolute Gasteiger partial charge is 0.255 e. The SMILES string of the molecule is O=C(CN(Cc1ccccc1F)S(=O)(=O)c1ccc(Cl)cc1)N/N=C/c1ccc(F)cc1. The Kier molecular flexibility index (Phi) is 7.68. The number of amides is 1. The van der Waals surface area contributed by atoms with Gasteiger partial charge in [-0.1, -0.05) is 41.9 Å². The van der Waals surface area contributed by atoms with Gasteiger partial charge >= 0.3 is 0 Å². The van der Waals surface area contributed by atoms with Crippen LogP contribution >= 0.6 is 11.6 Å². The minimum Gasteiger partial charge on any atom is -0.272 e. The number of carbonyl (C=O) groups excluding carboxylic acids is 1. The summed E-state index contributed by atoms with van der Waals surface area (Å²) in [6.07, 6.45) is 1.28. The van der Waals surface area contributed by atoms with Crippen molar-refractivity contribution in [2.75, 3.05) is 6.54 Å². The van der Waals surface area contributed by atoms with E-state index in [9.17, 15) is 22.0 Å². The van der Waals surface area contributed by atoms with Crippen molar-refractivity contribution in [3.05, 3.63) is 101 Å². The highest BCUT2D eigenvalue weighted by molar-refractivity contribution is 7.89. The van der Waals surface area contributed by atoms with Gasteiger partial charge in [0.2, 0.25) is 10.0 Å². The maximum atomic E-state index is 14.2. The Balaban J connectivity index is 1.80. The van der Waals surface area contributed by atoms with Crippen LogP contribution in [0.25, 0.3) is 0 Å². The van der Waals surface area contributed by atoms with E-state index < -0.39 is 34.1 Å². The number of hydrazone groups is 1. The molecule has 0 radical (unpaired) electrons. The average molecular weight is 478 g/mol. The quantitative estimate of drug-likeness (QED) is 0.394.